The Morgan fingerprint density at radius 3 is 1.78 bits per heavy atom. The summed E-state index contributed by atoms with van der Waals surface area (Å²) in [6.07, 6.45) is -8.34. The van der Waals surface area contributed by atoms with Crippen LogP contribution in [-0.4, -0.2) is 92.5 Å². The largest absolute Gasteiger partial charge is 0.463 e. The molecule has 3 aromatic carbocycles. The van der Waals surface area contributed by atoms with Crippen LogP contribution in [0.1, 0.15) is 50.3 Å². The third kappa shape index (κ3) is 10.2. The Morgan fingerprint density at radius 2 is 1.19 bits per heavy atom. The summed E-state index contributed by atoms with van der Waals surface area (Å²) < 4.78 is 44.5. The molecule has 15 nitrogen and oxygen atoms in total. The van der Waals surface area contributed by atoms with E-state index in [1.807, 2.05) is 48.5 Å². The fraction of sp³-hybridized carbons (Fsp3) is 0.385. The van der Waals surface area contributed by atoms with E-state index >= 15 is 0 Å². The molecule has 1 saturated heterocycles. The Balaban J connectivity index is 1.36. The lowest BCUT2D eigenvalue weighted by Crippen LogP contribution is -2.63. The van der Waals surface area contributed by atoms with Gasteiger partial charge in [0.05, 0.1) is 6.61 Å². The summed E-state index contributed by atoms with van der Waals surface area (Å²) in [7, 11) is 0. The Morgan fingerprint density at radius 1 is 0.630 bits per heavy atom. The van der Waals surface area contributed by atoms with Crippen molar-refractivity contribution in [2.45, 2.75) is 77.0 Å². The molecule has 54 heavy (non-hydrogen) atoms. The molecule has 286 valence electrons. The van der Waals surface area contributed by atoms with Crippen LogP contribution in [0.2, 0.25) is 0 Å². The maximum absolute atomic E-state index is 13.5. The summed E-state index contributed by atoms with van der Waals surface area (Å²) in [6.45, 7) is 3.09. The van der Waals surface area contributed by atoms with Gasteiger partial charge in [-0.1, -0.05) is 78.9 Å². The van der Waals surface area contributed by atoms with Crippen LogP contribution in [0.3, 0.4) is 0 Å². The van der Waals surface area contributed by atoms with Gasteiger partial charge >= 0.3 is 35.9 Å². The highest BCUT2D eigenvalue weighted by Crippen LogP contribution is 2.44. The van der Waals surface area contributed by atoms with Gasteiger partial charge in [0.25, 0.3) is 0 Å². The minimum absolute atomic E-state index is 0.0494. The number of alkyl carbamates (subject to hydrolysis) is 1. The number of carbonyl (C=O) groups excluding carboxylic acids is 6. The van der Waals surface area contributed by atoms with Crippen molar-refractivity contribution in [3.63, 3.8) is 0 Å². The molecule has 1 fully saturated rings. The summed E-state index contributed by atoms with van der Waals surface area (Å²) in [5.41, 5.74) is 4.70. The smallest absolute Gasteiger partial charge is 0.407 e. The first kappa shape index (κ1) is 39.4. The molecule has 0 aromatic heterocycles. The summed E-state index contributed by atoms with van der Waals surface area (Å²) in [4.78, 5) is 75.1. The molecule has 1 N–H and O–H groups in total. The molecule has 0 saturated carbocycles. The first-order valence-corrected chi connectivity index (χ1v) is 17.2. The van der Waals surface area contributed by atoms with Crippen LogP contribution >= 0.6 is 0 Å². The molecule has 5 rings (SSSR count). The molecule has 1 heterocycles. The van der Waals surface area contributed by atoms with Crippen molar-refractivity contribution in [3.05, 3.63) is 95.6 Å². The van der Waals surface area contributed by atoms with E-state index in [4.69, 9.17) is 37.9 Å². The van der Waals surface area contributed by atoms with E-state index in [2.05, 4.69) is 5.32 Å². The normalized spacial score (nSPS) is 20.6. The zero-order chi connectivity index (χ0) is 38.8. The number of carbonyl (C=O) groups is 6. The van der Waals surface area contributed by atoms with Crippen LogP contribution in [0.15, 0.2) is 78.9 Å². The Kier molecular flexibility index (Phi) is 13.4. The van der Waals surface area contributed by atoms with Gasteiger partial charge in [-0.25, -0.2) is 9.59 Å². The molecule has 2 aliphatic rings. The van der Waals surface area contributed by atoms with Gasteiger partial charge in [0.1, 0.15) is 25.9 Å². The molecular formula is C39H41NO14. The van der Waals surface area contributed by atoms with Crippen molar-refractivity contribution in [1.82, 2.24) is 5.32 Å². The average Bonchev–Trinajstić information content (AvgIpc) is 3.46. The maximum Gasteiger partial charge on any atom is 0.407 e. The maximum atomic E-state index is 13.5. The predicted molar refractivity (Wildman–Crippen MR) is 186 cm³/mol. The van der Waals surface area contributed by atoms with Crippen LogP contribution in [0.25, 0.3) is 11.1 Å². The number of hydrogen-bond acceptors (Lipinski definition) is 14. The van der Waals surface area contributed by atoms with Crippen LogP contribution in [0, 0.1) is 0 Å². The number of ether oxygens (including phenoxy) is 8. The lowest BCUT2D eigenvalue weighted by atomic mass is 9.98. The fourth-order valence-electron chi connectivity index (χ4n) is 6.29. The van der Waals surface area contributed by atoms with Crippen LogP contribution in [0.4, 0.5) is 4.79 Å². The van der Waals surface area contributed by atoms with E-state index in [-0.39, 0.29) is 19.1 Å². The number of rotatable bonds is 14. The number of hydrogen-bond donors (Lipinski definition) is 1. The van der Waals surface area contributed by atoms with Gasteiger partial charge in [-0.3, -0.25) is 19.2 Å². The highest BCUT2D eigenvalue weighted by atomic mass is 16.7. The number of benzene rings is 3. The summed E-state index contributed by atoms with van der Waals surface area (Å²) in [6, 6.07) is 22.9. The fourth-order valence-corrected chi connectivity index (χ4v) is 6.29. The zero-order valence-electron chi connectivity index (χ0n) is 30.1. The predicted octanol–water partition coefficient (Wildman–Crippen LogP) is 3.74. The lowest BCUT2D eigenvalue weighted by molar-refractivity contribution is -0.308. The van der Waals surface area contributed by atoms with Gasteiger partial charge in [-0.2, -0.15) is 0 Å². The van der Waals surface area contributed by atoms with E-state index in [1.54, 1.807) is 30.3 Å². The van der Waals surface area contributed by atoms with Crippen molar-refractivity contribution >= 4 is 35.9 Å². The third-order valence-electron chi connectivity index (χ3n) is 8.52. The van der Waals surface area contributed by atoms with Gasteiger partial charge in [-0.05, 0) is 27.8 Å². The second-order valence-electron chi connectivity index (χ2n) is 12.5. The lowest BCUT2D eigenvalue weighted by Gasteiger charge is -2.44. The van der Waals surface area contributed by atoms with E-state index in [0.29, 0.717) is 5.56 Å². The Labute approximate surface area is 311 Å². The van der Waals surface area contributed by atoms with Crippen molar-refractivity contribution in [2.75, 3.05) is 19.8 Å². The molecule has 6 atom stereocenters. The minimum Gasteiger partial charge on any atom is -0.463 e. The molecular weight excluding hydrogens is 706 g/mol. The topological polar surface area (TPSA) is 188 Å². The van der Waals surface area contributed by atoms with Gasteiger partial charge in [0.15, 0.2) is 30.6 Å². The first-order chi connectivity index (χ1) is 25.9. The molecule has 1 aliphatic heterocycles. The summed E-state index contributed by atoms with van der Waals surface area (Å²) >= 11 is 0. The standard InChI is InChI=1S/C39H41NO14/c1-22(41)47-21-33-34(51-23(2)42)35(52-24(3)43)36(53-25(4)44)38(54-33)49-20-32(37(45)48-18-26-12-6-5-7-13-26)40-39(46)50-19-31-29-16-10-8-14-27(29)28-15-9-11-17-30(28)31/h5-17,31-36,38H,18-21H2,1-4H3,(H,40,46)/t32-,33+,34+,35-,36+,38+/m0/s1. The molecule has 0 bridgehead atoms. The molecule has 3 aromatic rings. The van der Waals surface area contributed by atoms with E-state index in [9.17, 15) is 28.8 Å². The molecule has 15 heteroatoms. The summed E-state index contributed by atoms with van der Waals surface area (Å²) in [5.74, 6) is -4.34. The monoisotopic (exact) mass is 747 g/mol. The van der Waals surface area contributed by atoms with Gasteiger partial charge in [0.2, 0.25) is 0 Å². The average molecular weight is 748 g/mol. The molecule has 0 radical (unpaired) electrons. The number of esters is 5. The minimum atomic E-state index is -1.61. The quantitative estimate of drug-likeness (QED) is 0.186. The number of fused-ring (bicyclic) bond motifs is 3. The van der Waals surface area contributed by atoms with Gasteiger partial charge in [0, 0.05) is 33.6 Å². The zero-order valence-corrected chi connectivity index (χ0v) is 30.1. The van der Waals surface area contributed by atoms with Crippen molar-refractivity contribution < 1.29 is 66.7 Å². The highest BCUT2D eigenvalue weighted by Gasteiger charge is 2.53. The molecule has 0 spiro atoms. The van der Waals surface area contributed by atoms with Crippen LogP contribution in [0.5, 0.6) is 0 Å². The number of nitrogens with one attached hydrogen (secondary N) is 1. The third-order valence-corrected chi connectivity index (χ3v) is 8.52. The van der Waals surface area contributed by atoms with Crippen LogP contribution in [-0.2, 0) is 68.5 Å². The molecule has 1 amide bonds. The van der Waals surface area contributed by atoms with Crippen LogP contribution < -0.4 is 5.32 Å². The number of amides is 1. The molecule has 1 aliphatic carbocycles. The van der Waals surface area contributed by atoms with E-state index < -0.39 is 85.9 Å². The second kappa shape index (κ2) is 18.3. The van der Waals surface area contributed by atoms with Gasteiger partial charge < -0.3 is 43.2 Å². The van der Waals surface area contributed by atoms with Gasteiger partial charge in [-0.15, -0.1) is 0 Å². The van der Waals surface area contributed by atoms with E-state index in [0.717, 1.165) is 49.9 Å². The highest BCUT2D eigenvalue weighted by molar-refractivity contribution is 5.82. The van der Waals surface area contributed by atoms with E-state index in [1.165, 1.54) is 0 Å². The van der Waals surface area contributed by atoms with Crippen molar-refractivity contribution in [3.8, 4) is 11.1 Å². The van der Waals surface area contributed by atoms with Crippen molar-refractivity contribution in [1.29, 1.82) is 0 Å². The molecule has 0 unspecified atom stereocenters. The first-order valence-electron chi connectivity index (χ1n) is 17.2. The van der Waals surface area contributed by atoms with Crippen molar-refractivity contribution in [2.24, 2.45) is 0 Å². The Bertz CT molecular complexity index is 1780. The summed E-state index contributed by atoms with van der Waals surface area (Å²) in [5, 5.41) is 2.50. The second-order valence-corrected chi connectivity index (χ2v) is 12.5. The SMILES string of the molecule is CC(=O)OC[C@H]1O[C@@H](OC[C@H](NC(=O)OCC2c3ccccc3-c3ccccc32)C(=O)OCc2ccccc2)[C@H](OC(C)=O)[C@@H](OC(C)=O)[C@@H]1OC(C)=O. The Hall–Kier alpha value is -5.80.